The number of aliphatic carboxylic acids is 1. The van der Waals surface area contributed by atoms with Crippen LogP contribution >= 0.6 is 0 Å². The second-order valence-corrected chi connectivity index (χ2v) is 11.4. The standard InChI is InChI=1S/C31H39FN2O6/c1-4-30(29(36)37)11-9-21(10-12-30)24-16-31(40-33-24)18-34(19-31)17-20-13-26(38-5-2)28(27(14-20)39-6-3)23-8-7-22(32)15-25(23)35/h7-8,13-15,21,35H,4-6,9-12,16-19H2,1-3H3,(H,36,37). The molecule has 0 radical (unpaired) electrons. The molecule has 1 saturated heterocycles. The fourth-order valence-electron chi connectivity index (χ4n) is 6.56. The number of nitrogens with zero attached hydrogens (tertiary/aromatic N) is 2. The first kappa shape index (κ1) is 28.2. The first-order valence-corrected chi connectivity index (χ1v) is 14.3. The molecule has 0 unspecified atom stereocenters. The van der Waals surface area contributed by atoms with Gasteiger partial charge in [-0.15, -0.1) is 0 Å². The summed E-state index contributed by atoms with van der Waals surface area (Å²) in [5, 5.41) is 24.7. The van der Waals surface area contributed by atoms with E-state index in [2.05, 4.69) is 10.1 Å². The summed E-state index contributed by atoms with van der Waals surface area (Å²) in [7, 11) is 0. The molecule has 1 aliphatic carbocycles. The zero-order valence-electron chi connectivity index (χ0n) is 23.5. The predicted octanol–water partition coefficient (Wildman–Crippen LogP) is 6.00. The maximum Gasteiger partial charge on any atom is 0.309 e. The molecule has 3 aliphatic rings. The van der Waals surface area contributed by atoms with Crippen molar-refractivity contribution in [2.45, 2.75) is 71.4 Å². The van der Waals surface area contributed by atoms with Gasteiger partial charge in [0.15, 0.2) is 5.60 Å². The van der Waals surface area contributed by atoms with Crippen LogP contribution in [0.25, 0.3) is 11.1 Å². The Morgan fingerprint density at radius 3 is 2.30 bits per heavy atom. The van der Waals surface area contributed by atoms with Crippen LogP contribution in [-0.2, 0) is 16.2 Å². The van der Waals surface area contributed by atoms with Crippen molar-refractivity contribution in [3.8, 4) is 28.4 Å². The molecule has 2 aliphatic heterocycles. The number of oxime groups is 1. The maximum absolute atomic E-state index is 13.7. The number of ether oxygens (including phenoxy) is 2. The first-order chi connectivity index (χ1) is 19.2. The molecule has 2 aromatic rings. The van der Waals surface area contributed by atoms with Gasteiger partial charge in [-0.2, -0.15) is 0 Å². The van der Waals surface area contributed by atoms with Crippen LogP contribution in [-0.4, -0.2) is 58.7 Å². The zero-order chi connectivity index (χ0) is 28.5. The number of hydrogen-bond acceptors (Lipinski definition) is 7. The Hall–Kier alpha value is -3.33. The van der Waals surface area contributed by atoms with Gasteiger partial charge in [0, 0.05) is 43.6 Å². The molecule has 40 heavy (non-hydrogen) atoms. The van der Waals surface area contributed by atoms with Crippen molar-refractivity contribution in [3.05, 3.63) is 41.7 Å². The van der Waals surface area contributed by atoms with Crippen LogP contribution < -0.4 is 9.47 Å². The molecule has 2 aromatic carbocycles. The molecule has 216 valence electrons. The van der Waals surface area contributed by atoms with Gasteiger partial charge in [0.1, 0.15) is 23.1 Å². The summed E-state index contributed by atoms with van der Waals surface area (Å²) >= 11 is 0. The molecule has 0 bridgehead atoms. The molecule has 5 rings (SSSR count). The highest BCUT2D eigenvalue weighted by molar-refractivity contribution is 5.89. The van der Waals surface area contributed by atoms with Gasteiger partial charge < -0.3 is 24.5 Å². The Morgan fingerprint density at radius 2 is 1.75 bits per heavy atom. The molecule has 2 heterocycles. The molecule has 0 atom stereocenters. The summed E-state index contributed by atoms with van der Waals surface area (Å²) in [6.07, 6.45) is 4.53. The number of hydrogen-bond donors (Lipinski definition) is 2. The van der Waals surface area contributed by atoms with Crippen molar-refractivity contribution in [1.82, 2.24) is 4.90 Å². The number of phenolic OH excluding ortho intramolecular Hbond substituents is 1. The maximum atomic E-state index is 13.7. The third-order valence-electron chi connectivity index (χ3n) is 8.79. The summed E-state index contributed by atoms with van der Waals surface area (Å²) in [4.78, 5) is 20.1. The van der Waals surface area contributed by atoms with Crippen LogP contribution in [0, 0.1) is 17.2 Å². The normalized spacial score (nSPS) is 23.8. The summed E-state index contributed by atoms with van der Waals surface area (Å²) in [5.74, 6) is 0.0849. The van der Waals surface area contributed by atoms with Gasteiger partial charge in [0.05, 0.1) is 29.9 Å². The largest absolute Gasteiger partial charge is 0.507 e. The van der Waals surface area contributed by atoms with Crippen molar-refractivity contribution >= 4 is 11.7 Å². The minimum atomic E-state index is -0.674. The number of halogens is 1. The third kappa shape index (κ3) is 5.36. The summed E-state index contributed by atoms with van der Waals surface area (Å²) in [6.45, 7) is 8.77. The molecule has 0 aromatic heterocycles. The molecule has 9 heteroatoms. The Bertz CT molecular complexity index is 1250. The van der Waals surface area contributed by atoms with Crippen molar-refractivity contribution in [2.75, 3.05) is 26.3 Å². The second-order valence-electron chi connectivity index (χ2n) is 11.4. The van der Waals surface area contributed by atoms with Crippen molar-refractivity contribution < 1.29 is 33.7 Å². The molecule has 8 nitrogen and oxygen atoms in total. The van der Waals surface area contributed by atoms with Crippen LogP contribution in [0.1, 0.15) is 64.9 Å². The number of rotatable bonds is 10. The van der Waals surface area contributed by atoms with Crippen LogP contribution in [0.2, 0.25) is 0 Å². The average molecular weight is 555 g/mol. The van der Waals surface area contributed by atoms with Gasteiger partial charge in [-0.25, -0.2) is 4.39 Å². The highest BCUT2D eigenvalue weighted by Gasteiger charge is 2.51. The van der Waals surface area contributed by atoms with Gasteiger partial charge in [-0.05, 0) is 75.8 Å². The minimum Gasteiger partial charge on any atom is -0.507 e. The lowest BCUT2D eigenvalue weighted by molar-refractivity contribution is -0.151. The molecule has 1 spiro atoms. The summed E-state index contributed by atoms with van der Waals surface area (Å²) in [5.41, 5.74) is 2.23. The summed E-state index contributed by atoms with van der Waals surface area (Å²) in [6, 6.07) is 7.85. The number of carboxylic acid groups (broad SMARTS) is 1. The molecule has 1 saturated carbocycles. The Morgan fingerprint density at radius 1 is 1.10 bits per heavy atom. The topological polar surface area (TPSA) is 101 Å². The van der Waals surface area contributed by atoms with Gasteiger partial charge in [0.2, 0.25) is 0 Å². The molecular formula is C31H39FN2O6. The van der Waals surface area contributed by atoms with E-state index in [0.29, 0.717) is 67.6 Å². The van der Waals surface area contributed by atoms with Crippen LogP contribution in [0.15, 0.2) is 35.5 Å². The zero-order valence-corrected chi connectivity index (χ0v) is 23.5. The predicted molar refractivity (Wildman–Crippen MR) is 149 cm³/mol. The smallest absolute Gasteiger partial charge is 0.309 e. The van der Waals surface area contributed by atoms with E-state index in [1.54, 1.807) is 0 Å². The highest BCUT2D eigenvalue weighted by atomic mass is 19.1. The van der Waals surface area contributed by atoms with Crippen molar-refractivity contribution in [1.29, 1.82) is 0 Å². The van der Waals surface area contributed by atoms with E-state index >= 15 is 0 Å². The molecular weight excluding hydrogens is 515 g/mol. The molecule has 2 N–H and O–H groups in total. The van der Waals surface area contributed by atoms with E-state index in [-0.39, 0.29) is 11.4 Å². The lowest BCUT2D eigenvalue weighted by atomic mass is 9.67. The monoisotopic (exact) mass is 554 g/mol. The van der Waals surface area contributed by atoms with Gasteiger partial charge >= 0.3 is 5.97 Å². The quantitative estimate of drug-likeness (QED) is 0.372. The van der Waals surface area contributed by atoms with Crippen molar-refractivity contribution in [3.63, 3.8) is 0 Å². The molecule has 2 fully saturated rings. The van der Waals surface area contributed by atoms with E-state index in [1.807, 2.05) is 32.9 Å². The first-order valence-electron chi connectivity index (χ1n) is 14.3. The number of phenols is 1. The van der Waals surface area contributed by atoms with Gasteiger partial charge in [0.25, 0.3) is 0 Å². The lowest BCUT2D eigenvalue weighted by Gasteiger charge is -2.45. The van der Waals surface area contributed by atoms with Crippen molar-refractivity contribution in [2.24, 2.45) is 16.5 Å². The fraction of sp³-hybridized carbons (Fsp3) is 0.548. The number of carboxylic acids is 1. The second kappa shape index (κ2) is 11.3. The minimum absolute atomic E-state index is 0.171. The highest BCUT2D eigenvalue weighted by Crippen LogP contribution is 2.47. The van der Waals surface area contributed by atoms with E-state index in [4.69, 9.17) is 14.3 Å². The lowest BCUT2D eigenvalue weighted by Crippen LogP contribution is -2.61. The van der Waals surface area contributed by atoms with Crippen LogP contribution in [0.3, 0.4) is 0 Å². The van der Waals surface area contributed by atoms with Crippen LogP contribution in [0.5, 0.6) is 17.2 Å². The Labute approximate surface area is 234 Å². The van der Waals surface area contributed by atoms with Crippen LogP contribution in [0.4, 0.5) is 4.39 Å². The van der Waals surface area contributed by atoms with E-state index in [9.17, 15) is 19.4 Å². The van der Waals surface area contributed by atoms with E-state index in [0.717, 1.165) is 49.7 Å². The molecule has 0 amide bonds. The Kier molecular flexibility index (Phi) is 7.95. The summed E-state index contributed by atoms with van der Waals surface area (Å²) < 4.78 is 25.6. The number of carbonyl (C=O) groups is 1. The number of aromatic hydroxyl groups is 1. The van der Waals surface area contributed by atoms with E-state index < -0.39 is 17.2 Å². The third-order valence-corrected chi connectivity index (χ3v) is 8.79. The van der Waals surface area contributed by atoms with E-state index in [1.165, 1.54) is 12.1 Å². The fourth-order valence-corrected chi connectivity index (χ4v) is 6.56. The Balaban J connectivity index is 1.25. The number of benzene rings is 2. The van der Waals surface area contributed by atoms with Gasteiger partial charge in [-0.3, -0.25) is 9.69 Å². The number of likely N-dealkylation sites (tertiary alicyclic amines) is 1. The SMILES string of the molecule is CCOc1cc(CN2CC3(CC(C4CCC(CC)(C(=O)O)CC4)=NO3)C2)cc(OCC)c1-c1ccc(F)cc1O. The van der Waals surface area contributed by atoms with Gasteiger partial charge in [-0.1, -0.05) is 12.1 Å². The average Bonchev–Trinajstić information content (AvgIpc) is 3.35.